The third-order valence-corrected chi connectivity index (χ3v) is 6.86. The minimum atomic E-state index is -0.666. The minimum Gasteiger partial charge on any atom is -0.491 e. The summed E-state index contributed by atoms with van der Waals surface area (Å²) in [6.45, 7) is 2.51. The first-order valence-electron chi connectivity index (χ1n) is 11.8. The van der Waals surface area contributed by atoms with Gasteiger partial charge < -0.3 is 24.3 Å². The van der Waals surface area contributed by atoms with Crippen LogP contribution >= 0.6 is 22.9 Å². The monoisotopic (exact) mass is 543 g/mol. The fourth-order valence-corrected chi connectivity index (χ4v) is 5.17. The average Bonchev–Trinajstić information content (AvgIpc) is 3.54. The van der Waals surface area contributed by atoms with Gasteiger partial charge in [-0.3, -0.25) is 4.79 Å². The van der Waals surface area contributed by atoms with Crippen LogP contribution in [0.25, 0.3) is 11.1 Å². The van der Waals surface area contributed by atoms with Gasteiger partial charge in [0, 0.05) is 12.2 Å². The Hall–Kier alpha value is -3.40. The SMILES string of the molecule is CCOC(=O)c1c(NC(=O)COC(=O)c2ccc(OC[C@@H]3CCCO3)cc2)sc(Cl)c1-c1ccccc1. The summed E-state index contributed by atoms with van der Waals surface area (Å²) in [6, 6.07) is 15.6. The number of carbonyl (C=O) groups excluding carboxylic acids is 3. The van der Waals surface area contributed by atoms with E-state index in [4.69, 9.17) is 30.5 Å². The number of benzene rings is 2. The first-order valence-corrected chi connectivity index (χ1v) is 13.0. The molecule has 194 valence electrons. The molecule has 3 aromatic rings. The van der Waals surface area contributed by atoms with Crippen LogP contribution in [0.1, 0.15) is 40.5 Å². The molecule has 0 unspecified atom stereocenters. The molecule has 1 N–H and O–H groups in total. The number of esters is 2. The van der Waals surface area contributed by atoms with Gasteiger partial charge in [-0.2, -0.15) is 0 Å². The van der Waals surface area contributed by atoms with Crippen LogP contribution in [0, 0.1) is 0 Å². The Balaban J connectivity index is 1.37. The molecule has 37 heavy (non-hydrogen) atoms. The summed E-state index contributed by atoms with van der Waals surface area (Å²) in [7, 11) is 0. The van der Waals surface area contributed by atoms with Crippen molar-refractivity contribution in [2.75, 3.05) is 31.7 Å². The minimum absolute atomic E-state index is 0.0921. The molecule has 1 aromatic heterocycles. The topological polar surface area (TPSA) is 100 Å². The second kappa shape index (κ2) is 12.7. The lowest BCUT2D eigenvalue weighted by Crippen LogP contribution is -2.21. The number of hydrogen-bond donors (Lipinski definition) is 1. The standard InChI is InChI=1S/C27H26ClNO7S/c1-2-33-27(32)23-22(17-7-4-3-5-8-17)24(28)37-25(23)29-21(30)16-36-26(31)18-10-12-19(13-11-18)35-15-20-9-6-14-34-20/h3-5,7-8,10-13,20H,2,6,9,14-16H2,1H3,(H,29,30)/t20-/m0/s1. The van der Waals surface area contributed by atoms with Gasteiger partial charge in [-0.05, 0) is 49.6 Å². The lowest BCUT2D eigenvalue weighted by molar-refractivity contribution is -0.119. The molecule has 0 spiro atoms. The van der Waals surface area contributed by atoms with Crippen molar-refractivity contribution in [1.82, 2.24) is 0 Å². The second-order valence-corrected chi connectivity index (χ2v) is 9.76. The highest BCUT2D eigenvalue weighted by Gasteiger charge is 2.26. The normalized spacial score (nSPS) is 14.7. The largest absolute Gasteiger partial charge is 0.491 e. The maximum Gasteiger partial charge on any atom is 0.341 e. The summed E-state index contributed by atoms with van der Waals surface area (Å²) in [5.41, 5.74) is 1.61. The van der Waals surface area contributed by atoms with E-state index in [2.05, 4.69) is 5.32 Å². The predicted octanol–water partition coefficient (Wildman–Crippen LogP) is 5.60. The van der Waals surface area contributed by atoms with Gasteiger partial charge in [-0.15, -0.1) is 11.3 Å². The highest BCUT2D eigenvalue weighted by Crippen LogP contribution is 2.43. The first-order chi connectivity index (χ1) is 18.0. The molecule has 8 nitrogen and oxygen atoms in total. The van der Waals surface area contributed by atoms with Crippen LogP contribution in [0.4, 0.5) is 5.00 Å². The molecule has 1 atom stereocenters. The first kappa shape index (κ1) is 26.7. The number of anilines is 1. The van der Waals surface area contributed by atoms with Crippen LogP contribution in [0.5, 0.6) is 5.75 Å². The van der Waals surface area contributed by atoms with Crippen LogP contribution in [-0.2, 0) is 19.0 Å². The van der Waals surface area contributed by atoms with Crippen molar-refractivity contribution < 1.29 is 33.3 Å². The van der Waals surface area contributed by atoms with E-state index >= 15 is 0 Å². The maximum absolute atomic E-state index is 12.7. The van der Waals surface area contributed by atoms with Crippen molar-refractivity contribution in [3.8, 4) is 16.9 Å². The molecule has 0 bridgehead atoms. The number of rotatable bonds is 10. The van der Waals surface area contributed by atoms with E-state index in [0.29, 0.717) is 27.8 Å². The Bertz CT molecular complexity index is 1240. The molecule has 1 amide bonds. The van der Waals surface area contributed by atoms with Crippen molar-refractivity contribution in [1.29, 1.82) is 0 Å². The van der Waals surface area contributed by atoms with E-state index in [0.717, 1.165) is 30.8 Å². The molecule has 2 heterocycles. The van der Waals surface area contributed by atoms with Crippen molar-refractivity contribution in [2.45, 2.75) is 25.9 Å². The average molecular weight is 544 g/mol. The highest BCUT2D eigenvalue weighted by atomic mass is 35.5. The van der Waals surface area contributed by atoms with E-state index in [-0.39, 0.29) is 28.8 Å². The smallest absolute Gasteiger partial charge is 0.341 e. The number of hydrogen-bond acceptors (Lipinski definition) is 8. The van der Waals surface area contributed by atoms with Crippen LogP contribution in [0.3, 0.4) is 0 Å². The van der Waals surface area contributed by atoms with Crippen LogP contribution in [0.2, 0.25) is 4.34 Å². The summed E-state index contributed by atoms with van der Waals surface area (Å²) in [4.78, 5) is 37.7. The number of halogens is 1. The van der Waals surface area contributed by atoms with Gasteiger partial charge in [0.15, 0.2) is 6.61 Å². The molecule has 0 aliphatic carbocycles. The van der Waals surface area contributed by atoms with Gasteiger partial charge >= 0.3 is 11.9 Å². The zero-order valence-corrected chi connectivity index (χ0v) is 21.7. The van der Waals surface area contributed by atoms with Crippen molar-refractivity contribution >= 4 is 45.8 Å². The molecule has 1 fully saturated rings. The fourth-order valence-electron chi connectivity index (χ4n) is 3.78. The molecule has 1 aliphatic heterocycles. The third-order valence-electron chi connectivity index (χ3n) is 5.54. The van der Waals surface area contributed by atoms with E-state index in [1.807, 2.05) is 30.3 Å². The van der Waals surface area contributed by atoms with E-state index in [1.165, 1.54) is 0 Å². The van der Waals surface area contributed by atoms with E-state index in [9.17, 15) is 14.4 Å². The van der Waals surface area contributed by atoms with Gasteiger partial charge in [0.1, 0.15) is 27.3 Å². The number of amides is 1. The van der Waals surface area contributed by atoms with Crippen LogP contribution in [-0.4, -0.2) is 50.4 Å². The van der Waals surface area contributed by atoms with Gasteiger partial charge in [-0.1, -0.05) is 41.9 Å². The number of ether oxygens (including phenoxy) is 4. The Labute approximate surface area is 223 Å². The Morgan fingerprint density at radius 1 is 1.05 bits per heavy atom. The van der Waals surface area contributed by atoms with Crippen molar-refractivity contribution in [3.05, 3.63) is 70.1 Å². The quantitative estimate of drug-likeness (QED) is 0.332. The number of thiophene rings is 1. The molecular formula is C27H26ClNO7S. The zero-order chi connectivity index (χ0) is 26.2. The van der Waals surface area contributed by atoms with Gasteiger partial charge in [-0.25, -0.2) is 9.59 Å². The summed E-state index contributed by atoms with van der Waals surface area (Å²) in [5.74, 6) is -1.28. The van der Waals surface area contributed by atoms with Crippen molar-refractivity contribution in [3.63, 3.8) is 0 Å². The summed E-state index contributed by atoms with van der Waals surface area (Å²) < 4.78 is 21.9. The van der Waals surface area contributed by atoms with Crippen LogP contribution in [0.15, 0.2) is 54.6 Å². The second-order valence-electron chi connectivity index (χ2n) is 8.14. The molecular weight excluding hydrogens is 518 g/mol. The molecule has 1 saturated heterocycles. The zero-order valence-electron chi connectivity index (χ0n) is 20.2. The van der Waals surface area contributed by atoms with Gasteiger partial charge in [0.25, 0.3) is 5.91 Å². The van der Waals surface area contributed by atoms with Crippen molar-refractivity contribution in [2.24, 2.45) is 0 Å². The fraction of sp³-hybridized carbons (Fsp3) is 0.296. The van der Waals surface area contributed by atoms with Gasteiger partial charge in [0.2, 0.25) is 0 Å². The summed E-state index contributed by atoms with van der Waals surface area (Å²) >= 11 is 7.48. The molecule has 10 heteroatoms. The van der Waals surface area contributed by atoms with E-state index < -0.39 is 24.5 Å². The maximum atomic E-state index is 12.7. The Kier molecular flexibility index (Phi) is 9.16. The summed E-state index contributed by atoms with van der Waals surface area (Å²) in [6.07, 6.45) is 2.10. The summed E-state index contributed by atoms with van der Waals surface area (Å²) in [5, 5.41) is 2.84. The lowest BCUT2D eigenvalue weighted by Gasteiger charge is -2.11. The Morgan fingerprint density at radius 2 is 1.81 bits per heavy atom. The molecule has 4 rings (SSSR count). The van der Waals surface area contributed by atoms with Crippen LogP contribution < -0.4 is 10.1 Å². The number of carbonyl (C=O) groups is 3. The Morgan fingerprint density at radius 3 is 2.49 bits per heavy atom. The molecule has 2 aromatic carbocycles. The lowest BCUT2D eigenvalue weighted by atomic mass is 10.0. The molecule has 0 saturated carbocycles. The van der Waals surface area contributed by atoms with Gasteiger partial charge in [0.05, 0.1) is 18.3 Å². The third kappa shape index (κ3) is 6.88. The molecule has 0 radical (unpaired) electrons. The molecule has 1 aliphatic rings. The van der Waals surface area contributed by atoms with E-state index in [1.54, 1.807) is 31.2 Å². The number of nitrogens with one attached hydrogen (secondary N) is 1. The highest BCUT2D eigenvalue weighted by molar-refractivity contribution is 7.21. The predicted molar refractivity (Wildman–Crippen MR) is 141 cm³/mol.